The molecule has 6 heteroatoms. The van der Waals surface area contributed by atoms with E-state index >= 15 is 0 Å². The van der Waals surface area contributed by atoms with Crippen LogP contribution in [0, 0.1) is 11.8 Å². The predicted molar refractivity (Wildman–Crippen MR) is 69.4 cm³/mol. The van der Waals surface area contributed by atoms with Crippen molar-refractivity contribution >= 4 is 27.1 Å². The first kappa shape index (κ1) is 14.7. The summed E-state index contributed by atoms with van der Waals surface area (Å²) in [6.45, 7) is 1.49. The van der Waals surface area contributed by atoms with Crippen LogP contribution in [0.2, 0.25) is 0 Å². The van der Waals surface area contributed by atoms with Crippen LogP contribution in [0.15, 0.2) is 29.2 Å². The van der Waals surface area contributed by atoms with E-state index in [1.54, 1.807) is 0 Å². The summed E-state index contributed by atoms with van der Waals surface area (Å²) in [4.78, 5) is 10.3. The summed E-state index contributed by atoms with van der Waals surface area (Å²) in [5, 5.41) is 0.0503. The highest BCUT2D eigenvalue weighted by atomic mass is 32.3. The van der Waals surface area contributed by atoms with E-state index in [9.17, 15) is 17.1 Å². The molecule has 18 heavy (non-hydrogen) atoms. The Labute approximate surface area is 110 Å². The van der Waals surface area contributed by atoms with Crippen LogP contribution in [0.25, 0.3) is 0 Å². The molecule has 0 atom stereocenters. The zero-order valence-electron chi connectivity index (χ0n) is 9.64. The van der Waals surface area contributed by atoms with E-state index in [2.05, 4.69) is 11.8 Å². The van der Waals surface area contributed by atoms with Crippen LogP contribution in [0.5, 0.6) is 0 Å². The Morgan fingerprint density at radius 3 is 2.44 bits per heavy atom. The van der Waals surface area contributed by atoms with Crippen LogP contribution in [0.4, 0.5) is 3.89 Å². The maximum Gasteiger partial charge on any atom is 0.332 e. The largest absolute Gasteiger partial charge is 0.332 e. The predicted octanol–water partition coefficient (Wildman–Crippen LogP) is 2.37. The molecule has 3 nitrogen and oxygen atoms in total. The average molecular weight is 286 g/mol. The third-order valence-electron chi connectivity index (χ3n) is 1.90. The number of thioether (sulfide) groups is 1. The molecule has 0 aliphatic rings. The number of carbonyl (C=O) groups excluding carboxylic acids is 1. The van der Waals surface area contributed by atoms with Gasteiger partial charge in [0.05, 0.1) is 4.90 Å². The Morgan fingerprint density at radius 1 is 1.33 bits per heavy atom. The minimum Gasteiger partial charge on any atom is -0.288 e. The summed E-state index contributed by atoms with van der Waals surface area (Å²) in [7, 11) is -4.65. The van der Waals surface area contributed by atoms with Crippen molar-refractivity contribution in [3.05, 3.63) is 29.8 Å². The zero-order valence-corrected chi connectivity index (χ0v) is 11.3. The highest BCUT2D eigenvalue weighted by molar-refractivity contribution is 8.13. The van der Waals surface area contributed by atoms with Gasteiger partial charge >= 0.3 is 10.2 Å². The van der Waals surface area contributed by atoms with Crippen molar-refractivity contribution in [3.63, 3.8) is 0 Å². The fraction of sp³-hybridized carbons (Fsp3) is 0.250. The molecule has 1 aromatic rings. The van der Waals surface area contributed by atoms with Crippen molar-refractivity contribution in [1.29, 1.82) is 0 Å². The molecule has 0 radical (unpaired) electrons. The molecular weight excluding hydrogens is 275 g/mol. The number of rotatable bonds is 3. The van der Waals surface area contributed by atoms with E-state index < -0.39 is 10.2 Å². The van der Waals surface area contributed by atoms with Crippen LogP contribution in [-0.2, 0) is 15.0 Å². The molecule has 0 saturated heterocycles. The minimum absolute atomic E-state index is 0.0503. The molecule has 0 fully saturated rings. The van der Waals surface area contributed by atoms with Crippen molar-refractivity contribution in [2.45, 2.75) is 18.2 Å². The van der Waals surface area contributed by atoms with Gasteiger partial charge in [-0.05, 0) is 24.3 Å². The average Bonchev–Trinajstić information content (AvgIpc) is 2.27. The molecule has 0 N–H and O–H groups in total. The van der Waals surface area contributed by atoms with E-state index in [4.69, 9.17) is 0 Å². The lowest BCUT2D eigenvalue weighted by atomic mass is 10.2. The van der Waals surface area contributed by atoms with E-state index in [1.165, 1.54) is 43.0 Å². The normalized spacial score (nSPS) is 10.6. The summed E-state index contributed by atoms with van der Waals surface area (Å²) in [6, 6.07) is 5.22. The molecule has 0 spiro atoms. The molecule has 0 saturated carbocycles. The fourth-order valence-corrected chi connectivity index (χ4v) is 2.06. The first-order valence-electron chi connectivity index (χ1n) is 5.06. The second-order valence-electron chi connectivity index (χ2n) is 3.35. The van der Waals surface area contributed by atoms with Gasteiger partial charge in [-0.3, -0.25) is 4.79 Å². The first-order chi connectivity index (χ1) is 8.39. The quantitative estimate of drug-likeness (QED) is 0.486. The van der Waals surface area contributed by atoms with E-state index in [0.29, 0.717) is 17.7 Å². The molecule has 0 unspecified atom stereocenters. The third kappa shape index (κ3) is 5.34. The van der Waals surface area contributed by atoms with Gasteiger partial charge in [0.15, 0.2) is 5.12 Å². The lowest BCUT2D eigenvalue weighted by Crippen LogP contribution is -1.91. The van der Waals surface area contributed by atoms with Crippen molar-refractivity contribution in [2.75, 3.05) is 5.75 Å². The van der Waals surface area contributed by atoms with Gasteiger partial charge < -0.3 is 0 Å². The summed E-state index contributed by atoms with van der Waals surface area (Å²) in [5.74, 6) is 6.28. The fourth-order valence-electron chi connectivity index (χ4n) is 1.11. The number of benzene rings is 1. The zero-order chi connectivity index (χ0) is 13.6. The van der Waals surface area contributed by atoms with E-state index in [1.807, 2.05) is 0 Å². The SMILES string of the molecule is CC(=O)SCCC#Cc1ccc(S(=O)(=O)F)cc1. The molecule has 0 bridgehead atoms. The van der Waals surface area contributed by atoms with E-state index in [0.717, 1.165) is 0 Å². The van der Waals surface area contributed by atoms with Gasteiger partial charge in [0.2, 0.25) is 0 Å². The van der Waals surface area contributed by atoms with Crippen molar-refractivity contribution in [2.24, 2.45) is 0 Å². The third-order valence-corrected chi connectivity index (χ3v) is 3.55. The van der Waals surface area contributed by atoms with Crippen LogP contribution >= 0.6 is 11.8 Å². The standard InChI is InChI=1S/C12H11FO3S2/c1-10(14)17-9-3-2-4-11-5-7-12(8-6-11)18(13,15)16/h5-8H,3,9H2,1H3. The number of halogens is 1. The van der Waals surface area contributed by atoms with Gasteiger partial charge in [-0.25, -0.2) is 0 Å². The first-order valence-corrected chi connectivity index (χ1v) is 7.43. The van der Waals surface area contributed by atoms with Gasteiger partial charge in [-0.1, -0.05) is 23.6 Å². The summed E-state index contributed by atoms with van der Waals surface area (Å²) in [5.41, 5.74) is 0.607. The Hall–Kier alpha value is -1.32. The van der Waals surface area contributed by atoms with Crippen LogP contribution in [0.3, 0.4) is 0 Å². The van der Waals surface area contributed by atoms with Crippen molar-refractivity contribution in [1.82, 2.24) is 0 Å². The monoisotopic (exact) mass is 286 g/mol. The number of hydrogen-bond acceptors (Lipinski definition) is 4. The molecule has 1 rings (SSSR count). The summed E-state index contributed by atoms with van der Waals surface area (Å²) < 4.78 is 33.7. The topological polar surface area (TPSA) is 51.2 Å². The Morgan fingerprint density at radius 2 is 1.94 bits per heavy atom. The molecule has 0 aliphatic carbocycles. The highest BCUT2D eigenvalue weighted by Crippen LogP contribution is 2.12. The van der Waals surface area contributed by atoms with Crippen LogP contribution in [0.1, 0.15) is 18.9 Å². The Bertz CT molecular complexity index is 580. The second kappa shape index (κ2) is 6.57. The maximum absolute atomic E-state index is 12.6. The van der Waals surface area contributed by atoms with Crippen LogP contribution < -0.4 is 0 Å². The highest BCUT2D eigenvalue weighted by Gasteiger charge is 2.10. The molecule has 96 valence electrons. The van der Waals surface area contributed by atoms with Gasteiger partial charge in [0.1, 0.15) is 0 Å². The van der Waals surface area contributed by atoms with Crippen LogP contribution in [-0.4, -0.2) is 19.3 Å². The molecule has 0 aliphatic heterocycles. The molecule has 1 aromatic carbocycles. The molecule has 0 amide bonds. The second-order valence-corrected chi connectivity index (χ2v) is 5.97. The van der Waals surface area contributed by atoms with Crippen molar-refractivity contribution < 1.29 is 17.1 Å². The van der Waals surface area contributed by atoms with Gasteiger partial charge in [-0.2, -0.15) is 8.42 Å². The molecule has 0 heterocycles. The Balaban J connectivity index is 2.59. The summed E-state index contributed by atoms with van der Waals surface area (Å²) in [6.07, 6.45) is 0.563. The summed E-state index contributed by atoms with van der Waals surface area (Å²) >= 11 is 1.20. The lowest BCUT2D eigenvalue weighted by molar-refractivity contribution is -0.109. The van der Waals surface area contributed by atoms with Gasteiger partial charge in [0.25, 0.3) is 0 Å². The minimum atomic E-state index is -4.65. The maximum atomic E-state index is 12.6. The van der Waals surface area contributed by atoms with E-state index in [-0.39, 0.29) is 10.0 Å². The van der Waals surface area contributed by atoms with Gasteiger partial charge in [0, 0.05) is 24.7 Å². The Kier molecular flexibility index (Phi) is 5.38. The molecule has 0 aromatic heterocycles. The molecular formula is C12H11FO3S2. The van der Waals surface area contributed by atoms with Gasteiger partial charge in [-0.15, -0.1) is 3.89 Å². The van der Waals surface area contributed by atoms with Crippen molar-refractivity contribution in [3.8, 4) is 11.8 Å². The number of carbonyl (C=O) groups is 1. The lowest BCUT2D eigenvalue weighted by Gasteiger charge is -1.94. The smallest absolute Gasteiger partial charge is 0.288 e. The number of hydrogen-bond donors (Lipinski definition) is 0.